The van der Waals surface area contributed by atoms with E-state index in [1.54, 1.807) is 18.2 Å². The van der Waals surface area contributed by atoms with Crippen molar-refractivity contribution in [3.05, 3.63) is 27.8 Å². The van der Waals surface area contributed by atoms with E-state index in [0.29, 0.717) is 7.28 Å². The van der Waals surface area contributed by atoms with Gasteiger partial charge in [-0.3, -0.25) is 0 Å². The van der Waals surface area contributed by atoms with Gasteiger partial charge in [0.15, 0.2) is 0 Å². The number of para-hydroxylation sites is 1. The van der Waals surface area contributed by atoms with Crippen molar-refractivity contribution < 1.29 is 16.8 Å². The molecule has 0 radical (unpaired) electrons. The predicted octanol–water partition coefficient (Wildman–Crippen LogP) is 1.02. The third kappa shape index (κ3) is 3.08. The maximum atomic E-state index is 11.5. The van der Waals surface area contributed by atoms with Gasteiger partial charge in [0, 0.05) is 3.57 Å². The molecular formula is C8H10INO4S2. The summed E-state index contributed by atoms with van der Waals surface area (Å²) in [6, 6.07) is 6.37. The Kier molecular flexibility index (Phi) is 3.85. The lowest BCUT2D eigenvalue weighted by Crippen LogP contribution is -2.35. The second kappa shape index (κ2) is 4.49. The molecule has 5 nitrogen and oxygen atoms in total. The van der Waals surface area contributed by atoms with Crippen LogP contribution in [0.3, 0.4) is 0 Å². The summed E-state index contributed by atoms with van der Waals surface area (Å²) in [5, 5.41) is 0. The average molecular weight is 375 g/mol. The molecule has 0 saturated carbocycles. The summed E-state index contributed by atoms with van der Waals surface area (Å²) in [5.74, 6) is 0. The number of halogens is 1. The van der Waals surface area contributed by atoms with Crippen molar-refractivity contribution in [1.82, 2.24) is 0 Å². The van der Waals surface area contributed by atoms with Gasteiger partial charge in [-0.15, -0.1) is 0 Å². The molecular weight excluding hydrogens is 365 g/mol. The Morgan fingerprint density at radius 2 is 1.44 bits per heavy atom. The van der Waals surface area contributed by atoms with Crippen molar-refractivity contribution in [3.8, 4) is 0 Å². The van der Waals surface area contributed by atoms with Gasteiger partial charge in [-0.25, -0.2) is 16.8 Å². The lowest BCUT2D eigenvalue weighted by molar-refractivity contribution is 0.590. The van der Waals surface area contributed by atoms with E-state index in [1.807, 2.05) is 22.6 Å². The van der Waals surface area contributed by atoms with Crippen LogP contribution in [0.1, 0.15) is 0 Å². The van der Waals surface area contributed by atoms with E-state index in [4.69, 9.17) is 0 Å². The predicted molar refractivity (Wildman–Crippen MR) is 71.3 cm³/mol. The van der Waals surface area contributed by atoms with Crippen LogP contribution in [0.4, 0.5) is 5.69 Å². The van der Waals surface area contributed by atoms with Crippen LogP contribution in [-0.2, 0) is 20.0 Å². The number of hydrogen-bond donors (Lipinski definition) is 0. The van der Waals surface area contributed by atoms with Crippen LogP contribution < -0.4 is 3.71 Å². The molecule has 0 amide bonds. The lowest BCUT2D eigenvalue weighted by atomic mass is 10.3. The normalized spacial score (nSPS) is 12.4. The van der Waals surface area contributed by atoms with E-state index < -0.39 is 20.0 Å². The van der Waals surface area contributed by atoms with Gasteiger partial charge in [-0.2, -0.15) is 3.71 Å². The first-order valence-electron chi connectivity index (χ1n) is 4.09. The summed E-state index contributed by atoms with van der Waals surface area (Å²) in [6.45, 7) is 0. The van der Waals surface area contributed by atoms with Crippen molar-refractivity contribution in [3.63, 3.8) is 0 Å². The fourth-order valence-electron chi connectivity index (χ4n) is 1.20. The second-order valence-electron chi connectivity index (χ2n) is 3.17. The Labute approximate surface area is 109 Å². The van der Waals surface area contributed by atoms with Crippen molar-refractivity contribution in [1.29, 1.82) is 0 Å². The highest BCUT2D eigenvalue weighted by atomic mass is 127. The van der Waals surface area contributed by atoms with Crippen LogP contribution >= 0.6 is 22.6 Å². The molecule has 0 aromatic heterocycles. The largest absolute Gasteiger partial charge is 0.245 e. The minimum Gasteiger partial charge on any atom is -0.206 e. The summed E-state index contributed by atoms with van der Waals surface area (Å²) >= 11 is 1.89. The Bertz CT molecular complexity index is 562. The molecule has 0 aliphatic rings. The van der Waals surface area contributed by atoms with E-state index in [-0.39, 0.29) is 5.69 Å². The maximum absolute atomic E-state index is 11.5. The highest BCUT2D eigenvalue weighted by molar-refractivity contribution is 14.1. The minimum absolute atomic E-state index is 0.146. The Hall–Kier alpha value is -0.350. The van der Waals surface area contributed by atoms with Gasteiger partial charge in [0.1, 0.15) is 0 Å². The fourth-order valence-corrected chi connectivity index (χ4v) is 5.16. The SMILES string of the molecule is CS(=O)(=O)N(c1ccccc1I)S(C)(=O)=O. The first-order chi connectivity index (χ1) is 7.14. The summed E-state index contributed by atoms with van der Waals surface area (Å²) in [7, 11) is -7.72. The molecule has 1 rings (SSSR count). The van der Waals surface area contributed by atoms with E-state index in [1.165, 1.54) is 6.07 Å². The molecule has 90 valence electrons. The smallest absolute Gasteiger partial charge is 0.206 e. The average Bonchev–Trinajstić information content (AvgIpc) is 2.03. The van der Waals surface area contributed by atoms with Gasteiger partial charge < -0.3 is 0 Å². The molecule has 8 heteroatoms. The molecule has 0 unspecified atom stereocenters. The van der Waals surface area contributed by atoms with E-state index in [2.05, 4.69) is 0 Å². The third-order valence-corrected chi connectivity index (χ3v) is 5.79. The second-order valence-corrected chi connectivity index (χ2v) is 8.23. The van der Waals surface area contributed by atoms with Crippen LogP contribution in [0.25, 0.3) is 0 Å². The Morgan fingerprint density at radius 1 is 1.00 bits per heavy atom. The highest BCUT2D eigenvalue weighted by Gasteiger charge is 2.28. The van der Waals surface area contributed by atoms with Gasteiger partial charge in [-0.1, -0.05) is 12.1 Å². The molecule has 0 spiro atoms. The quantitative estimate of drug-likeness (QED) is 0.740. The van der Waals surface area contributed by atoms with Gasteiger partial charge in [0.2, 0.25) is 20.0 Å². The minimum atomic E-state index is -3.86. The van der Waals surface area contributed by atoms with Crippen molar-refractivity contribution in [2.45, 2.75) is 0 Å². The molecule has 0 aliphatic heterocycles. The first-order valence-corrected chi connectivity index (χ1v) is 8.86. The number of anilines is 1. The molecule has 1 aromatic rings. The molecule has 0 heterocycles. The molecule has 0 aliphatic carbocycles. The molecule has 0 N–H and O–H groups in total. The van der Waals surface area contributed by atoms with E-state index >= 15 is 0 Å². The number of nitrogens with zero attached hydrogens (tertiary/aromatic N) is 1. The zero-order valence-corrected chi connectivity index (χ0v) is 12.4. The third-order valence-electron chi connectivity index (χ3n) is 1.65. The van der Waals surface area contributed by atoms with Gasteiger partial charge in [0.25, 0.3) is 0 Å². The van der Waals surface area contributed by atoms with Gasteiger partial charge >= 0.3 is 0 Å². The van der Waals surface area contributed by atoms with Gasteiger partial charge in [-0.05, 0) is 34.7 Å². The Balaban J connectivity index is 3.54. The number of sulfonamides is 2. The Morgan fingerprint density at radius 3 is 1.81 bits per heavy atom. The molecule has 0 saturated heterocycles. The first kappa shape index (κ1) is 13.7. The maximum Gasteiger partial charge on any atom is 0.245 e. The number of rotatable bonds is 3. The molecule has 0 bridgehead atoms. The van der Waals surface area contributed by atoms with Crippen molar-refractivity contribution in [2.24, 2.45) is 0 Å². The standard InChI is InChI=1S/C8H10INO4S2/c1-15(11,12)10(16(2,13)14)8-6-4-3-5-7(8)9/h3-6H,1-2H3. The number of hydrogen-bond acceptors (Lipinski definition) is 4. The number of benzene rings is 1. The monoisotopic (exact) mass is 375 g/mol. The zero-order valence-electron chi connectivity index (χ0n) is 8.58. The van der Waals surface area contributed by atoms with E-state index in [9.17, 15) is 16.8 Å². The molecule has 16 heavy (non-hydrogen) atoms. The fraction of sp³-hybridized carbons (Fsp3) is 0.250. The van der Waals surface area contributed by atoms with E-state index in [0.717, 1.165) is 12.5 Å². The van der Waals surface area contributed by atoms with Crippen LogP contribution in [0.15, 0.2) is 24.3 Å². The summed E-state index contributed by atoms with van der Waals surface area (Å²) < 4.78 is 46.9. The van der Waals surface area contributed by atoms with Crippen LogP contribution in [0.2, 0.25) is 0 Å². The van der Waals surface area contributed by atoms with Gasteiger partial charge in [0.05, 0.1) is 18.2 Å². The van der Waals surface area contributed by atoms with Crippen molar-refractivity contribution in [2.75, 3.05) is 16.2 Å². The molecule has 1 aromatic carbocycles. The topological polar surface area (TPSA) is 71.5 Å². The van der Waals surface area contributed by atoms with Crippen LogP contribution in [0.5, 0.6) is 0 Å². The highest BCUT2D eigenvalue weighted by Crippen LogP contribution is 2.26. The summed E-state index contributed by atoms with van der Waals surface area (Å²) in [6.07, 6.45) is 1.72. The summed E-state index contributed by atoms with van der Waals surface area (Å²) in [5.41, 5.74) is 0.146. The zero-order chi connectivity index (χ0) is 12.6. The summed E-state index contributed by atoms with van der Waals surface area (Å²) in [4.78, 5) is 0. The lowest BCUT2D eigenvalue weighted by Gasteiger charge is -2.20. The van der Waals surface area contributed by atoms with Crippen LogP contribution in [0, 0.1) is 3.57 Å². The van der Waals surface area contributed by atoms with Crippen molar-refractivity contribution >= 4 is 48.3 Å². The molecule has 0 atom stereocenters. The molecule has 0 fully saturated rings. The van der Waals surface area contributed by atoms with Crippen LogP contribution in [-0.4, -0.2) is 29.3 Å².